The highest BCUT2D eigenvalue weighted by atomic mass is 32.2. The fraction of sp³-hybridized carbons (Fsp3) is 0.136. The Labute approximate surface area is 184 Å². The van der Waals surface area contributed by atoms with Gasteiger partial charge in [0.25, 0.3) is 0 Å². The van der Waals surface area contributed by atoms with Crippen LogP contribution in [0.1, 0.15) is 10.4 Å². The molecule has 0 spiro atoms. The van der Waals surface area contributed by atoms with Gasteiger partial charge in [-0.25, -0.2) is 9.97 Å². The molecule has 0 aliphatic rings. The Morgan fingerprint density at radius 3 is 2.61 bits per heavy atom. The summed E-state index contributed by atoms with van der Waals surface area (Å²) in [6, 6.07) is 14.4. The first kappa shape index (κ1) is 21.3. The van der Waals surface area contributed by atoms with E-state index in [1.54, 1.807) is 11.3 Å². The molecule has 4 aromatic rings. The van der Waals surface area contributed by atoms with Crippen LogP contribution in [0.15, 0.2) is 66.0 Å². The van der Waals surface area contributed by atoms with Crippen molar-refractivity contribution in [1.29, 1.82) is 0 Å². The van der Waals surface area contributed by atoms with Crippen molar-refractivity contribution in [1.82, 2.24) is 9.97 Å². The van der Waals surface area contributed by atoms with Crippen molar-refractivity contribution < 1.29 is 18.0 Å². The summed E-state index contributed by atoms with van der Waals surface area (Å²) in [6.45, 7) is 2.02. The summed E-state index contributed by atoms with van der Waals surface area (Å²) in [5.74, 6) is -0.407. The number of carbonyl (C=O) groups is 1. The van der Waals surface area contributed by atoms with E-state index in [2.05, 4.69) is 15.3 Å². The molecule has 0 bridgehead atoms. The zero-order valence-corrected chi connectivity index (χ0v) is 17.9. The maximum Gasteiger partial charge on any atom is 0.416 e. The molecule has 0 saturated carbocycles. The number of aromatic nitrogens is 2. The van der Waals surface area contributed by atoms with Crippen molar-refractivity contribution in [2.45, 2.75) is 18.1 Å². The number of aryl methyl sites for hydroxylation is 1. The number of carbonyl (C=O) groups excluding carboxylic acids is 1. The van der Waals surface area contributed by atoms with Gasteiger partial charge in [0.2, 0.25) is 5.91 Å². The second-order valence-corrected chi connectivity index (χ2v) is 8.84. The van der Waals surface area contributed by atoms with E-state index in [1.165, 1.54) is 30.2 Å². The van der Waals surface area contributed by atoms with E-state index in [4.69, 9.17) is 0 Å². The number of alkyl halides is 3. The lowest BCUT2D eigenvalue weighted by atomic mass is 10.0. The molecule has 158 valence electrons. The summed E-state index contributed by atoms with van der Waals surface area (Å²) in [5.41, 5.74) is 1.36. The summed E-state index contributed by atoms with van der Waals surface area (Å²) < 4.78 is 38.6. The number of halogens is 3. The van der Waals surface area contributed by atoms with Crippen LogP contribution in [0.4, 0.5) is 18.9 Å². The number of benzene rings is 2. The van der Waals surface area contributed by atoms with Crippen molar-refractivity contribution in [2.24, 2.45) is 0 Å². The van der Waals surface area contributed by atoms with E-state index < -0.39 is 17.6 Å². The van der Waals surface area contributed by atoms with E-state index in [9.17, 15) is 18.0 Å². The van der Waals surface area contributed by atoms with Crippen LogP contribution in [-0.2, 0) is 11.0 Å². The van der Waals surface area contributed by atoms with Crippen LogP contribution in [-0.4, -0.2) is 21.6 Å². The van der Waals surface area contributed by atoms with Crippen molar-refractivity contribution in [3.63, 3.8) is 0 Å². The van der Waals surface area contributed by atoms with Crippen LogP contribution in [0.2, 0.25) is 0 Å². The topological polar surface area (TPSA) is 54.9 Å². The number of amides is 1. The highest BCUT2D eigenvalue weighted by Crippen LogP contribution is 2.41. The molecule has 1 amide bonds. The normalized spacial score (nSPS) is 11.6. The number of anilines is 1. The second kappa shape index (κ2) is 8.68. The number of nitrogens with one attached hydrogen (secondary N) is 1. The minimum absolute atomic E-state index is 0.00544. The molecule has 0 fully saturated rings. The Bertz CT molecular complexity index is 1240. The molecule has 4 rings (SSSR count). The third-order valence-electron chi connectivity index (χ3n) is 4.51. The molecule has 1 N–H and O–H groups in total. The Kier molecular flexibility index (Phi) is 5.97. The van der Waals surface area contributed by atoms with Gasteiger partial charge in [0.1, 0.15) is 16.2 Å². The molecule has 4 nitrogen and oxygen atoms in total. The fourth-order valence-electron chi connectivity index (χ4n) is 3.18. The molecule has 2 heterocycles. The van der Waals surface area contributed by atoms with Gasteiger partial charge in [0.15, 0.2) is 0 Å². The van der Waals surface area contributed by atoms with Gasteiger partial charge in [-0.05, 0) is 30.7 Å². The molecule has 0 saturated heterocycles. The van der Waals surface area contributed by atoms with Gasteiger partial charge in [-0.15, -0.1) is 11.3 Å². The lowest BCUT2D eigenvalue weighted by molar-refractivity contribution is -0.137. The summed E-state index contributed by atoms with van der Waals surface area (Å²) in [4.78, 5) is 23.0. The molecule has 0 aliphatic heterocycles. The highest BCUT2D eigenvalue weighted by Gasteiger charge is 2.30. The predicted octanol–water partition coefficient (Wildman–Crippen LogP) is 6.42. The number of hydrogen-bond acceptors (Lipinski definition) is 5. The van der Waals surface area contributed by atoms with Crippen molar-refractivity contribution in [3.8, 4) is 11.1 Å². The van der Waals surface area contributed by atoms with Crippen LogP contribution in [0.5, 0.6) is 0 Å². The molecule has 2 aromatic heterocycles. The van der Waals surface area contributed by atoms with Gasteiger partial charge in [-0.3, -0.25) is 4.79 Å². The molecule has 0 radical (unpaired) electrons. The van der Waals surface area contributed by atoms with E-state index in [0.29, 0.717) is 5.03 Å². The third-order valence-corrected chi connectivity index (χ3v) is 6.51. The first-order chi connectivity index (χ1) is 14.8. The number of thiophene rings is 1. The van der Waals surface area contributed by atoms with Crippen molar-refractivity contribution in [3.05, 3.63) is 71.4 Å². The average molecular weight is 460 g/mol. The Balaban J connectivity index is 1.55. The van der Waals surface area contributed by atoms with Crippen LogP contribution in [0.3, 0.4) is 0 Å². The summed E-state index contributed by atoms with van der Waals surface area (Å²) >= 11 is 2.79. The molecule has 0 aliphatic carbocycles. The fourth-order valence-corrected chi connectivity index (χ4v) is 5.07. The number of thioether (sulfide) groups is 1. The zero-order valence-electron chi connectivity index (χ0n) is 16.2. The van der Waals surface area contributed by atoms with E-state index in [0.717, 1.165) is 38.4 Å². The van der Waals surface area contributed by atoms with E-state index in [1.807, 2.05) is 37.3 Å². The van der Waals surface area contributed by atoms with Gasteiger partial charge in [-0.2, -0.15) is 13.2 Å². The third kappa shape index (κ3) is 4.72. The van der Waals surface area contributed by atoms with Gasteiger partial charge in [-0.1, -0.05) is 48.2 Å². The second-order valence-electron chi connectivity index (χ2n) is 6.67. The first-order valence-corrected chi connectivity index (χ1v) is 11.0. The summed E-state index contributed by atoms with van der Waals surface area (Å²) in [5, 5.41) is 4.07. The average Bonchev–Trinajstić information content (AvgIpc) is 3.09. The Hall–Kier alpha value is -2.91. The minimum Gasteiger partial charge on any atom is -0.325 e. The number of nitrogens with zero attached hydrogens (tertiary/aromatic N) is 2. The summed E-state index contributed by atoms with van der Waals surface area (Å²) in [6.07, 6.45) is -3.01. The maximum absolute atomic E-state index is 12.9. The summed E-state index contributed by atoms with van der Waals surface area (Å²) in [7, 11) is 0. The molecule has 2 aromatic carbocycles. The SMILES string of the molecule is Cc1sc2ncnc(SCC(=O)Nc3cccc(C(F)(F)F)c3)c2c1-c1ccccc1. The molecular weight excluding hydrogens is 443 g/mol. The molecule has 0 atom stereocenters. The monoisotopic (exact) mass is 459 g/mol. The Morgan fingerprint density at radius 2 is 1.87 bits per heavy atom. The Morgan fingerprint density at radius 1 is 1.10 bits per heavy atom. The molecule has 9 heteroatoms. The first-order valence-electron chi connectivity index (χ1n) is 9.22. The van der Waals surface area contributed by atoms with Gasteiger partial charge >= 0.3 is 6.18 Å². The zero-order chi connectivity index (χ0) is 22.0. The van der Waals surface area contributed by atoms with Crippen molar-refractivity contribution >= 4 is 44.9 Å². The lowest BCUT2D eigenvalue weighted by Crippen LogP contribution is -2.15. The highest BCUT2D eigenvalue weighted by molar-refractivity contribution is 8.00. The van der Waals surface area contributed by atoms with Gasteiger partial charge in [0, 0.05) is 16.1 Å². The smallest absolute Gasteiger partial charge is 0.325 e. The van der Waals surface area contributed by atoms with Crippen LogP contribution in [0, 0.1) is 6.92 Å². The largest absolute Gasteiger partial charge is 0.416 e. The number of fused-ring (bicyclic) bond motifs is 1. The van der Waals surface area contributed by atoms with Crippen LogP contribution >= 0.6 is 23.1 Å². The molecular formula is C22H16F3N3OS2. The van der Waals surface area contributed by atoms with Gasteiger partial charge < -0.3 is 5.32 Å². The quantitative estimate of drug-likeness (QED) is 0.277. The van der Waals surface area contributed by atoms with Crippen LogP contribution in [0.25, 0.3) is 21.3 Å². The standard InChI is InChI=1S/C22H16F3N3OS2/c1-13-18(14-6-3-2-4-7-14)19-20(26-12-27-21(19)31-13)30-11-17(29)28-16-9-5-8-15(10-16)22(23,24)25/h2-10,12H,11H2,1H3,(H,28,29). The van der Waals surface area contributed by atoms with E-state index in [-0.39, 0.29) is 11.4 Å². The maximum atomic E-state index is 12.9. The van der Waals surface area contributed by atoms with Gasteiger partial charge in [0.05, 0.1) is 16.7 Å². The predicted molar refractivity (Wildman–Crippen MR) is 118 cm³/mol. The van der Waals surface area contributed by atoms with E-state index >= 15 is 0 Å². The number of rotatable bonds is 5. The van der Waals surface area contributed by atoms with Crippen LogP contribution < -0.4 is 5.32 Å². The molecule has 0 unspecified atom stereocenters. The number of hydrogen-bond donors (Lipinski definition) is 1. The lowest BCUT2D eigenvalue weighted by Gasteiger charge is -2.10. The minimum atomic E-state index is -4.47. The molecule has 31 heavy (non-hydrogen) atoms. The van der Waals surface area contributed by atoms with Crippen molar-refractivity contribution in [2.75, 3.05) is 11.1 Å².